The van der Waals surface area contributed by atoms with Crippen LogP contribution in [-0.2, 0) is 71.3 Å². The number of β-amino-alcohol motifs (C(OH)–C–C–N with tert-alkyl or cyclic N) is 1. The maximum Gasteiger partial charge on any atom is 0.246 e. The first-order valence-electron chi connectivity index (χ1n) is 35.1. The van der Waals surface area contributed by atoms with E-state index in [-0.39, 0.29) is 97.3 Å². The number of likely N-dealkylation sites (N-methyl/N-ethyl adjacent to an activating group) is 1. The topological polar surface area (TPSA) is 306 Å². The fourth-order valence-electron chi connectivity index (χ4n) is 11.7. The molecule has 0 aliphatic carbocycles. The molecular weight excluding hydrogens is 1390 g/mol. The number of aromatic hydroxyl groups is 1. The molecule has 5 amide bonds. The first-order chi connectivity index (χ1) is 50.2. The van der Waals surface area contributed by atoms with Crippen molar-refractivity contribution in [1.82, 2.24) is 40.3 Å². The van der Waals surface area contributed by atoms with Crippen molar-refractivity contribution in [2.45, 2.75) is 71.7 Å². The minimum Gasteiger partial charge on any atom is -0.508 e. The van der Waals surface area contributed by atoms with Crippen LogP contribution in [0.25, 0.3) is 43.2 Å². The second-order valence-electron chi connectivity index (χ2n) is 26.0. The van der Waals surface area contributed by atoms with Crippen LogP contribution >= 0.6 is 22.9 Å². The van der Waals surface area contributed by atoms with Crippen LogP contribution in [0.5, 0.6) is 5.75 Å². The Kier molecular flexibility index (Phi) is 33.5. The van der Waals surface area contributed by atoms with E-state index in [9.17, 15) is 34.2 Å². The molecule has 0 bridgehead atoms. The number of hydrogen-bond acceptors (Lipinski definition) is 23. The number of carbonyl (C=O) groups is 5. The number of piperazine rings is 1. The van der Waals surface area contributed by atoms with Gasteiger partial charge in [-0.3, -0.25) is 24.0 Å². The van der Waals surface area contributed by atoms with Crippen LogP contribution in [0.2, 0.25) is 5.02 Å². The number of aliphatic hydroxyl groups is 1. The van der Waals surface area contributed by atoms with Crippen LogP contribution in [0.15, 0.2) is 84.9 Å². The second-order valence-corrected chi connectivity index (χ2v) is 27.2. The lowest BCUT2D eigenvalue weighted by atomic mass is 9.85. The van der Waals surface area contributed by atoms with Crippen LogP contribution in [0.3, 0.4) is 0 Å². The number of rotatable bonds is 45. The number of aryl methyl sites for hydroxylation is 1. The number of phenols is 1. The third-order valence-electron chi connectivity index (χ3n) is 17.3. The summed E-state index contributed by atoms with van der Waals surface area (Å²) >= 11 is 8.45. The number of thiazole rings is 1. The Morgan fingerprint density at radius 3 is 1.86 bits per heavy atom. The predicted molar refractivity (Wildman–Crippen MR) is 393 cm³/mol. The average molecular weight is 1490 g/mol. The van der Waals surface area contributed by atoms with E-state index in [1.54, 1.807) is 40.3 Å². The van der Waals surface area contributed by atoms with E-state index in [1.807, 2.05) is 93.6 Å². The number of nitrogens with one attached hydrogen (secondary N) is 3. The summed E-state index contributed by atoms with van der Waals surface area (Å²) in [5.74, 6) is -1.88. The molecule has 4 heterocycles. The number of phenolic OH excluding ortho intramolecular Hbond substituents is 1. The van der Waals surface area contributed by atoms with E-state index in [4.69, 9.17) is 64.0 Å². The van der Waals surface area contributed by atoms with Crippen molar-refractivity contribution in [3.05, 3.63) is 107 Å². The molecule has 2 aliphatic heterocycles. The van der Waals surface area contributed by atoms with E-state index >= 15 is 4.39 Å². The lowest BCUT2D eigenvalue weighted by molar-refractivity contribution is -0.144. The van der Waals surface area contributed by atoms with E-state index in [2.05, 4.69) is 32.5 Å². The van der Waals surface area contributed by atoms with Crippen LogP contribution in [0, 0.1) is 18.2 Å². The summed E-state index contributed by atoms with van der Waals surface area (Å²) in [5, 5.41) is 32.1. The van der Waals surface area contributed by atoms with E-state index in [0.29, 0.717) is 173 Å². The number of nitrogens with zero attached hydrogens (tertiary/aromatic N) is 7. The molecule has 0 unspecified atom stereocenters. The summed E-state index contributed by atoms with van der Waals surface area (Å²) in [7, 11) is 1.69. The van der Waals surface area contributed by atoms with Crippen LogP contribution < -0.4 is 20.9 Å². The molecule has 2 fully saturated rings. The number of hydrogen-bond donors (Lipinski definition) is 5. The Hall–Kier alpha value is -7.62. The molecule has 2 saturated heterocycles. The number of likely N-dealkylation sites (tertiary alicyclic amines) is 1. The highest BCUT2D eigenvalue weighted by Gasteiger charge is 2.45. The van der Waals surface area contributed by atoms with Crippen molar-refractivity contribution >= 4 is 85.9 Å². The van der Waals surface area contributed by atoms with Crippen molar-refractivity contribution in [2.75, 3.05) is 195 Å². The Bertz CT molecular complexity index is 3730. The number of carbonyl (C=O) groups excluding carboxylic acids is 5. The number of benzene rings is 4. The maximum atomic E-state index is 17.0. The van der Waals surface area contributed by atoms with Gasteiger partial charge in [0.05, 0.1) is 159 Å². The van der Waals surface area contributed by atoms with Gasteiger partial charge in [-0.2, -0.15) is 4.98 Å². The third kappa shape index (κ3) is 25.0. The number of fused-ring (bicyclic) bond motifs is 2. The van der Waals surface area contributed by atoms with Gasteiger partial charge in [0.1, 0.15) is 35.8 Å². The molecule has 27 nitrogen and oxygen atoms in total. The summed E-state index contributed by atoms with van der Waals surface area (Å²) < 4.78 is 72.8. The lowest BCUT2D eigenvalue weighted by Gasteiger charge is -2.35. The van der Waals surface area contributed by atoms with Crippen LogP contribution in [-0.4, -0.2) is 273 Å². The summed E-state index contributed by atoms with van der Waals surface area (Å²) in [4.78, 5) is 87.6. The fourth-order valence-corrected chi connectivity index (χ4v) is 12.8. The van der Waals surface area contributed by atoms with Crippen molar-refractivity contribution in [3.63, 3.8) is 0 Å². The smallest absolute Gasteiger partial charge is 0.246 e. The molecular formula is C74H100ClFN10O17S. The number of ether oxygens (including phenoxy) is 10. The molecule has 8 rings (SSSR count). The molecule has 6 aromatic rings. The largest absolute Gasteiger partial charge is 0.508 e. The van der Waals surface area contributed by atoms with Crippen LogP contribution in [0.4, 0.5) is 16.2 Å². The first kappa shape index (κ1) is 82.0. The van der Waals surface area contributed by atoms with Gasteiger partial charge in [-0.1, -0.05) is 87.5 Å². The van der Waals surface area contributed by atoms with E-state index < -0.39 is 41.2 Å². The number of amides is 5. The molecule has 2 aromatic heterocycles. The van der Waals surface area contributed by atoms with Gasteiger partial charge >= 0.3 is 0 Å². The molecule has 0 saturated carbocycles. The number of aromatic nitrogens is 3. The molecule has 4 aromatic carbocycles. The quantitative estimate of drug-likeness (QED) is 0.0190. The van der Waals surface area contributed by atoms with Gasteiger partial charge in [-0.25, -0.2) is 14.4 Å². The van der Waals surface area contributed by atoms with Gasteiger partial charge < -0.3 is 93.1 Å². The van der Waals surface area contributed by atoms with Gasteiger partial charge in [0.2, 0.25) is 35.5 Å². The molecule has 0 spiro atoms. The summed E-state index contributed by atoms with van der Waals surface area (Å²) in [6, 6.07) is 17.6. The molecule has 5 N–H and O–H groups in total. The van der Waals surface area contributed by atoms with Gasteiger partial charge in [0.25, 0.3) is 0 Å². The first-order valence-corrected chi connectivity index (χ1v) is 36.4. The Labute approximate surface area is 615 Å². The summed E-state index contributed by atoms with van der Waals surface area (Å²) in [6.07, 6.45) is 0.553. The van der Waals surface area contributed by atoms with Crippen LogP contribution in [0.1, 0.15) is 57.8 Å². The monoisotopic (exact) mass is 1490 g/mol. The van der Waals surface area contributed by atoms with E-state index in [1.165, 1.54) is 17.0 Å². The molecule has 0 radical (unpaired) electrons. The zero-order valence-electron chi connectivity index (χ0n) is 60.3. The van der Waals surface area contributed by atoms with Gasteiger partial charge in [0.15, 0.2) is 5.82 Å². The SMILES string of the molecule is C=CC(=O)N1CCN(c2nc(NCCC(=O)N(C)CCOCCOCCOCCOCCOCCOCCOCCOCCOCCOCC(=O)N[C@H](C(=O)N3C[C@@H](O)C[C@H]3C(=O)N[C@@H](C)c3ccc(-c4scnc4C)cc3)C(C)(C)C)nc3c(F)c(-c4cc(O)cc5ccccc45)c(Cl)cc23)CC1. The second kappa shape index (κ2) is 42.5. The zero-order chi connectivity index (χ0) is 74.4. The number of halogens is 2. The van der Waals surface area contributed by atoms with Gasteiger partial charge in [0, 0.05) is 76.7 Å². The van der Waals surface area contributed by atoms with Gasteiger partial charge in [-0.05, 0) is 71.0 Å². The predicted octanol–water partition coefficient (Wildman–Crippen LogP) is 7.01. The highest BCUT2D eigenvalue weighted by molar-refractivity contribution is 7.13. The van der Waals surface area contributed by atoms with Crippen molar-refractivity contribution in [2.24, 2.45) is 5.41 Å². The molecule has 568 valence electrons. The van der Waals surface area contributed by atoms with Crippen molar-refractivity contribution in [1.29, 1.82) is 0 Å². The average Bonchev–Trinajstić information content (AvgIpc) is 0.917. The fraction of sp³-hybridized carbons (Fsp3) is 0.541. The Morgan fingerprint density at radius 1 is 0.750 bits per heavy atom. The summed E-state index contributed by atoms with van der Waals surface area (Å²) in [6.45, 7) is 21.5. The minimum absolute atomic E-state index is 0.00348. The third-order valence-corrected chi connectivity index (χ3v) is 18.6. The van der Waals surface area contributed by atoms with Gasteiger partial charge in [-0.15, -0.1) is 11.3 Å². The normalized spacial score (nSPS) is 15.4. The molecule has 4 atom stereocenters. The number of anilines is 2. The van der Waals surface area contributed by atoms with Crippen molar-refractivity contribution in [3.8, 4) is 27.3 Å². The number of aliphatic hydroxyl groups excluding tert-OH is 1. The lowest BCUT2D eigenvalue weighted by Crippen LogP contribution is -2.58. The maximum absolute atomic E-state index is 17.0. The Balaban J connectivity index is 0.571. The summed E-state index contributed by atoms with van der Waals surface area (Å²) in [5.41, 5.74) is 4.45. The highest BCUT2D eigenvalue weighted by atomic mass is 35.5. The molecule has 30 heteroatoms. The minimum atomic E-state index is -0.986. The Morgan fingerprint density at radius 2 is 1.31 bits per heavy atom. The standard InChI is InChI=1S/C74H100ClFN10O17S/c1-8-63(90)84-19-21-85(22-20-84)70-59-46-60(75)65(58-44-55(87)43-54-11-9-10-12-57(54)58)66(76)67(59)81-73(82-70)77-18-17-64(91)83(7)23-24-94-25-26-95-27-28-96-29-30-97-31-32-98-33-34-99-35-36-100-37-38-101-39-40-102-41-42-103-48-62(89)80-69(74(4,5)6)72(93)86-47-56(88)45-61(86)71(92)79-50(2)52-13-15-53(16-14-52)68-51(3)78-49-104-68/h8-16,43-44,46,49-50,56,61,69,87-88H,1,17-42,45,47-48H2,2-7H3,(H,79,92)(H,80,89)(H,77,81,82)/t50-,56-,61-,69+/m0/s1. The molecule has 2 aliphatic rings. The van der Waals surface area contributed by atoms with Crippen molar-refractivity contribution < 1.29 is 85.9 Å². The zero-order valence-corrected chi connectivity index (χ0v) is 61.9. The van der Waals surface area contributed by atoms with E-state index in [0.717, 1.165) is 21.7 Å². The molecule has 104 heavy (non-hydrogen) atoms. The highest BCUT2D eigenvalue weighted by Crippen LogP contribution is 2.43.